The van der Waals surface area contributed by atoms with E-state index < -0.39 is 11.6 Å². The molecule has 0 saturated carbocycles. The van der Waals surface area contributed by atoms with Crippen LogP contribution in [0.5, 0.6) is 0 Å². The summed E-state index contributed by atoms with van der Waals surface area (Å²) < 4.78 is 27.7. The lowest BCUT2D eigenvalue weighted by molar-refractivity contribution is 0.537. The molecular weight excluding hydrogens is 276 g/mol. The van der Waals surface area contributed by atoms with Gasteiger partial charge >= 0.3 is 0 Å². The lowest BCUT2D eigenvalue weighted by atomic mass is 10.0. The minimum Gasteiger partial charge on any atom is -0.326 e. The van der Waals surface area contributed by atoms with Crippen LogP contribution in [-0.4, -0.2) is 0 Å². The SMILES string of the molecule is CC(C)c1ccc(Sc2c(F)cc(CN)cc2F)cc1. The van der Waals surface area contributed by atoms with Gasteiger partial charge in [-0.25, -0.2) is 8.78 Å². The van der Waals surface area contributed by atoms with Crippen molar-refractivity contribution < 1.29 is 8.78 Å². The molecule has 0 aliphatic heterocycles. The Balaban J connectivity index is 2.26. The monoisotopic (exact) mass is 293 g/mol. The fourth-order valence-electron chi connectivity index (χ4n) is 1.87. The highest BCUT2D eigenvalue weighted by atomic mass is 32.2. The Morgan fingerprint density at radius 1 is 1.05 bits per heavy atom. The first-order valence-corrected chi connectivity index (χ1v) is 7.28. The van der Waals surface area contributed by atoms with Gasteiger partial charge in [0, 0.05) is 11.4 Å². The molecule has 0 aromatic heterocycles. The number of nitrogens with two attached hydrogens (primary N) is 1. The summed E-state index contributed by atoms with van der Waals surface area (Å²) in [7, 11) is 0. The average molecular weight is 293 g/mol. The zero-order chi connectivity index (χ0) is 14.7. The van der Waals surface area contributed by atoms with Crippen molar-refractivity contribution in [1.29, 1.82) is 0 Å². The summed E-state index contributed by atoms with van der Waals surface area (Å²) in [4.78, 5) is 0.826. The van der Waals surface area contributed by atoms with Crippen molar-refractivity contribution >= 4 is 11.8 Å². The highest BCUT2D eigenvalue weighted by molar-refractivity contribution is 7.99. The molecule has 0 spiro atoms. The Kier molecular flexibility index (Phi) is 4.78. The second-order valence-corrected chi connectivity index (χ2v) is 6.00. The Hall–Kier alpha value is -1.39. The molecule has 0 radical (unpaired) electrons. The second-order valence-electron chi connectivity index (χ2n) is 4.92. The molecule has 2 rings (SSSR count). The first kappa shape index (κ1) is 15.0. The van der Waals surface area contributed by atoms with Crippen LogP contribution >= 0.6 is 11.8 Å². The van der Waals surface area contributed by atoms with Crippen molar-refractivity contribution in [2.75, 3.05) is 0 Å². The molecule has 0 bridgehead atoms. The van der Waals surface area contributed by atoms with E-state index >= 15 is 0 Å². The molecule has 4 heteroatoms. The number of hydrogen-bond donors (Lipinski definition) is 1. The summed E-state index contributed by atoms with van der Waals surface area (Å²) in [5.74, 6) is -0.696. The van der Waals surface area contributed by atoms with Crippen molar-refractivity contribution in [1.82, 2.24) is 0 Å². The summed E-state index contributed by atoms with van der Waals surface area (Å²) in [6.45, 7) is 4.34. The molecule has 0 unspecified atom stereocenters. The van der Waals surface area contributed by atoms with E-state index in [1.165, 1.54) is 17.7 Å². The summed E-state index contributed by atoms with van der Waals surface area (Å²) in [5, 5.41) is 0. The Morgan fingerprint density at radius 3 is 2.05 bits per heavy atom. The van der Waals surface area contributed by atoms with E-state index in [9.17, 15) is 8.78 Å². The summed E-state index contributed by atoms with van der Waals surface area (Å²) in [6, 6.07) is 10.3. The number of rotatable bonds is 4. The van der Waals surface area contributed by atoms with Crippen molar-refractivity contribution in [3.8, 4) is 0 Å². The van der Waals surface area contributed by atoms with Gasteiger partial charge in [-0.3, -0.25) is 0 Å². The molecule has 20 heavy (non-hydrogen) atoms. The molecule has 0 saturated heterocycles. The van der Waals surface area contributed by atoms with E-state index in [0.29, 0.717) is 11.5 Å². The predicted octanol–water partition coefficient (Wildman–Crippen LogP) is 4.70. The quantitative estimate of drug-likeness (QED) is 0.884. The van der Waals surface area contributed by atoms with Crippen molar-refractivity contribution in [2.24, 2.45) is 5.73 Å². The summed E-state index contributed by atoms with van der Waals surface area (Å²) in [6.07, 6.45) is 0. The number of benzene rings is 2. The van der Waals surface area contributed by atoms with Gasteiger partial charge < -0.3 is 5.73 Å². The average Bonchev–Trinajstić information content (AvgIpc) is 2.43. The van der Waals surface area contributed by atoms with E-state index in [2.05, 4.69) is 13.8 Å². The van der Waals surface area contributed by atoms with Gasteiger partial charge in [-0.15, -0.1) is 0 Å². The van der Waals surface area contributed by atoms with Crippen molar-refractivity contribution in [3.63, 3.8) is 0 Å². The van der Waals surface area contributed by atoms with Crippen molar-refractivity contribution in [3.05, 3.63) is 59.2 Å². The molecule has 2 N–H and O–H groups in total. The van der Waals surface area contributed by atoms with Crippen LogP contribution in [0.2, 0.25) is 0 Å². The third-order valence-corrected chi connectivity index (χ3v) is 4.16. The van der Waals surface area contributed by atoms with Crippen LogP contribution < -0.4 is 5.73 Å². The maximum atomic E-state index is 13.9. The van der Waals surface area contributed by atoms with Gasteiger partial charge in [0.25, 0.3) is 0 Å². The van der Waals surface area contributed by atoms with Gasteiger partial charge in [0.15, 0.2) is 0 Å². The summed E-state index contributed by atoms with van der Waals surface area (Å²) in [5.41, 5.74) is 7.06. The van der Waals surface area contributed by atoms with Crippen LogP contribution in [-0.2, 0) is 6.54 Å². The molecule has 1 nitrogen and oxygen atoms in total. The maximum Gasteiger partial charge on any atom is 0.140 e. The molecule has 2 aromatic carbocycles. The van der Waals surface area contributed by atoms with Gasteiger partial charge in [-0.2, -0.15) is 0 Å². The molecule has 0 fully saturated rings. The fourth-order valence-corrected chi connectivity index (χ4v) is 2.69. The van der Waals surface area contributed by atoms with E-state index in [1.807, 2.05) is 24.3 Å². The van der Waals surface area contributed by atoms with Crippen LogP contribution in [0.25, 0.3) is 0 Å². The van der Waals surface area contributed by atoms with E-state index in [-0.39, 0.29) is 11.4 Å². The van der Waals surface area contributed by atoms with Crippen molar-refractivity contribution in [2.45, 2.75) is 36.1 Å². The zero-order valence-electron chi connectivity index (χ0n) is 11.5. The van der Waals surface area contributed by atoms with Crippen LogP contribution in [0.1, 0.15) is 30.9 Å². The maximum absolute atomic E-state index is 13.9. The largest absolute Gasteiger partial charge is 0.326 e. The highest BCUT2D eigenvalue weighted by Gasteiger charge is 2.12. The van der Waals surface area contributed by atoms with Crippen LogP contribution in [0.15, 0.2) is 46.2 Å². The number of hydrogen-bond acceptors (Lipinski definition) is 2. The topological polar surface area (TPSA) is 26.0 Å². The minimum absolute atomic E-state index is 0.0134. The molecule has 0 amide bonds. The third kappa shape index (κ3) is 3.38. The Morgan fingerprint density at radius 2 is 1.60 bits per heavy atom. The first-order valence-electron chi connectivity index (χ1n) is 6.47. The van der Waals surface area contributed by atoms with Crippen LogP contribution in [0.4, 0.5) is 8.78 Å². The van der Waals surface area contributed by atoms with E-state index in [4.69, 9.17) is 5.73 Å². The predicted molar refractivity (Wildman–Crippen MR) is 78.9 cm³/mol. The standard InChI is InChI=1S/C16H17F2NS/c1-10(2)12-3-5-13(6-4-12)20-16-14(17)7-11(9-19)8-15(16)18/h3-8,10H,9,19H2,1-2H3. The van der Waals surface area contributed by atoms with Gasteiger partial charge in [-0.05, 0) is 41.3 Å². The first-order chi connectivity index (χ1) is 9.51. The fraction of sp³-hybridized carbons (Fsp3) is 0.250. The molecule has 106 valence electrons. The minimum atomic E-state index is -0.566. The summed E-state index contributed by atoms with van der Waals surface area (Å²) >= 11 is 1.09. The van der Waals surface area contributed by atoms with Gasteiger partial charge in [0.05, 0.1) is 4.90 Å². The lowest BCUT2D eigenvalue weighted by Crippen LogP contribution is -1.99. The lowest BCUT2D eigenvalue weighted by Gasteiger charge is -2.09. The number of halogens is 2. The Labute approximate surface area is 122 Å². The molecular formula is C16H17F2NS. The van der Waals surface area contributed by atoms with Gasteiger partial charge in [-0.1, -0.05) is 37.7 Å². The van der Waals surface area contributed by atoms with E-state index in [0.717, 1.165) is 16.7 Å². The smallest absolute Gasteiger partial charge is 0.140 e. The zero-order valence-corrected chi connectivity index (χ0v) is 12.3. The highest BCUT2D eigenvalue weighted by Crippen LogP contribution is 2.33. The molecule has 0 atom stereocenters. The van der Waals surface area contributed by atoms with Crippen LogP contribution in [0.3, 0.4) is 0 Å². The molecule has 0 aliphatic rings. The molecule has 0 heterocycles. The van der Waals surface area contributed by atoms with E-state index in [1.54, 1.807) is 0 Å². The van der Waals surface area contributed by atoms with Gasteiger partial charge in [0.1, 0.15) is 11.6 Å². The molecule has 0 aliphatic carbocycles. The third-order valence-electron chi connectivity index (χ3n) is 3.06. The Bertz CT molecular complexity index is 571. The molecule has 2 aromatic rings. The normalized spacial score (nSPS) is 11.1. The second kappa shape index (κ2) is 6.37. The van der Waals surface area contributed by atoms with Gasteiger partial charge in [0.2, 0.25) is 0 Å². The van der Waals surface area contributed by atoms with Crippen LogP contribution in [0, 0.1) is 11.6 Å².